The number of aliphatic imine (C=N–C) groups is 1. The number of aromatic nitrogens is 5. The van der Waals surface area contributed by atoms with E-state index in [2.05, 4.69) is 44.8 Å². The summed E-state index contributed by atoms with van der Waals surface area (Å²) in [5.41, 5.74) is 0. The Bertz CT molecular complexity index is 794. The molecule has 1 fully saturated rings. The topological polar surface area (TPSA) is 87.4 Å². The van der Waals surface area contributed by atoms with Crippen molar-refractivity contribution in [2.45, 2.75) is 45.1 Å². The van der Waals surface area contributed by atoms with Crippen LogP contribution in [0.4, 0.5) is 5.95 Å². The Hall–Kier alpha value is -2.71. The number of rotatable bonds is 5. The van der Waals surface area contributed by atoms with Gasteiger partial charge in [0.25, 0.3) is 0 Å². The number of fused-ring (bicyclic) bond motifs is 1. The average Bonchev–Trinajstić information content (AvgIpc) is 3.00. The van der Waals surface area contributed by atoms with Crippen LogP contribution in [0.25, 0.3) is 0 Å². The van der Waals surface area contributed by atoms with E-state index >= 15 is 0 Å². The number of hydrogen-bond donors (Lipinski definition) is 1. The summed E-state index contributed by atoms with van der Waals surface area (Å²) >= 11 is 0. The van der Waals surface area contributed by atoms with Crippen molar-refractivity contribution in [3.63, 3.8) is 0 Å². The van der Waals surface area contributed by atoms with E-state index in [0.29, 0.717) is 0 Å². The average molecular weight is 398 g/mol. The molecular formula is C20H31N9. The molecule has 9 heteroatoms. The molecule has 0 spiro atoms. The van der Waals surface area contributed by atoms with Crippen LogP contribution in [0.3, 0.4) is 0 Å². The lowest BCUT2D eigenvalue weighted by Crippen LogP contribution is -2.53. The van der Waals surface area contributed by atoms with E-state index in [4.69, 9.17) is 0 Å². The Morgan fingerprint density at radius 3 is 2.66 bits per heavy atom. The largest absolute Gasteiger partial charge is 0.356 e. The Kier molecular flexibility index (Phi) is 6.53. The van der Waals surface area contributed by atoms with Gasteiger partial charge in [0, 0.05) is 71.6 Å². The van der Waals surface area contributed by atoms with Crippen molar-refractivity contribution in [2.75, 3.05) is 44.7 Å². The molecule has 1 saturated heterocycles. The maximum atomic E-state index is 4.48. The first kappa shape index (κ1) is 19.6. The highest BCUT2D eigenvalue weighted by Crippen LogP contribution is 2.15. The van der Waals surface area contributed by atoms with Crippen molar-refractivity contribution in [3.8, 4) is 0 Å². The molecule has 0 amide bonds. The first-order valence-electron chi connectivity index (χ1n) is 10.7. The maximum Gasteiger partial charge on any atom is 0.225 e. The zero-order chi connectivity index (χ0) is 19.9. The Morgan fingerprint density at radius 1 is 1.03 bits per heavy atom. The molecule has 4 rings (SSSR count). The van der Waals surface area contributed by atoms with Gasteiger partial charge in [-0.2, -0.15) is 0 Å². The van der Waals surface area contributed by atoms with Gasteiger partial charge in [0.15, 0.2) is 5.96 Å². The fourth-order valence-corrected chi connectivity index (χ4v) is 4.08. The van der Waals surface area contributed by atoms with E-state index in [0.717, 1.165) is 76.3 Å². The van der Waals surface area contributed by atoms with E-state index < -0.39 is 0 Å². The van der Waals surface area contributed by atoms with Crippen molar-refractivity contribution in [2.24, 2.45) is 4.99 Å². The summed E-state index contributed by atoms with van der Waals surface area (Å²) in [6.45, 7) is 5.58. The number of guanidine groups is 1. The van der Waals surface area contributed by atoms with Gasteiger partial charge in [0.1, 0.15) is 11.6 Å². The highest BCUT2D eigenvalue weighted by Gasteiger charge is 2.21. The second-order valence-electron chi connectivity index (χ2n) is 7.60. The molecule has 0 radical (unpaired) electrons. The van der Waals surface area contributed by atoms with Crippen molar-refractivity contribution >= 4 is 11.9 Å². The van der Waals surface area contributed by atoms with Crippen LogP contribution in [0.15, 0.2) is 23.5 Å². The van der Waals surface area contributed by atoms with Crippen LogP contribution < -0.4 is 10.2 Å². The molecule has 0 unspecified atom stereocenters. The van der Waals surface area contributed by atoms with E-state index in [1.54, 1.807) is 12.4 Å². The van der Waals surface area contributed by atoms with Gasteiger partial charge in [-0.05, 0) is 25.3 Å². The molecule has 2 aromatic heterocycles. The molecule has 2 aliphatic rings. The number of anilines is 1. The van der Waals surface area contributed by atoms with Crippen LogP contribution in [-0.4, -0.2) is 75.4 Å². The second kappa shape index (κ2) is 9.67. The van der Waals surface area contributed by atoms with Crippen molar-refractivity contribution < 1.29 is 0 Å². The highest BCUT2D eigenvalue weighted by atomic mass is 15.4. The lowest BCUT2D eigenvalue weighted by molar-refractivity contribution is 0.370. The molecule has 29 heavy (non-hydrogen) atoms. The van der Waals surface area contributed by atoms with Crippen LogP contribution in [0.2, 0.25) is 0 Å². The van der Waals surface area contributed by atoms with Gasteiger partial charge in [-0.3, -0.25) is 4.99 Å². The van der Waals surface area contributed by atoms with E-state index in [1.807, 2.05) is 13.1 Å². The molecule has 0 atom stereocenters. The van der Waals surface area contributed by atoms with Crippen LogP contribution in [0, 0.1) is 0 Å². The lowest BCUT2D eigenvalue weighted by atomic mass is 10.2. The molecule has 0 saturated carbocycles. The van der Waals surface area contributed by atoms with E-state index in [9.17, 15) is 0 Å². The third-order valence-electron chi connectivity index (χ3n) is 5.67. The van der Waals surface area contributed by atoms with Crippen LogP contribution in [-0.2, 0) is 19.4 Å². The summed E-state index contributed by atoms with van der Waals surface area (Å²) in [6.07, 6.45) is 10.4. The van der Waals surface area contributed by atoms with Crippen molar-refractivity contribution in [3.05, 3.63) is 30.1 Å². The Morgan fingerprint density at radius 2 is 1.86 bits per heavy atom. The fourth-order valence-electron chi connectivity index (χ4n) is 4.08. The minimum atomic E-state index is 0.808. The zero-order valence-electron chi connectivity index (χ0n) is 17.3. The van der Waals surface area contributed by atoms with Crippen LogP contribution >= 0.6 is 0 Å². The summed E-state index contributed by atoms with van der Waals surface area (Å²) < 4.78 is 2.34. The monoisotopic (exact) mass is 397 g/mol. The minimum Gasteiger partial charge on any atom is -0.356 e. The van der Waals surface area contributed by atoms with Gasteiger partial charge in [-0.25, -0.2) is 9.97 Å². The molecule has 1 N–H and O–H groups in total. The molecule has 0 aromatic carbocycles. The molecular weight excluding hydrogens is 366 g/mol. The molecule has 9 nitrogen and oxygen atoms in total. The van der Waals surface area contributed by atoms with Gasteiger partial charge in [0.05, 0.1) is 0 Å². The first-order valence-corrected chi connectivity index (χ1v) is 10.7. The molecule has 0 aliphatic carbocycles. The van der Waals surface area contributed by atoms with Gasteiger partial charge in [0.2, 0.25) is 5.95 Å². The smallest absolute Gasteiger partial charge is 0.225 e. The summed E-state index contributed by atoms with van der Waals surface area (Å²) in [5.74, 6) is 4.08. The quantitative estimate of drug-likeness (QED) is 0.460. The van der Waals surface area contributed by atoms with E-state index in [-0.39, 0.29) is 0 Å². The normalized spacial score (nSPS) is 17.8. The molecule has 2 aliphatic heterocycles. The van der Waals surface area contributed by atoms with Gasteiger partial charge < -0.3 is 19.7 Å². The summed E-state index contributed by atoms with van der Waals surface area (Å²) in [4.78, 5) is 17.7. The lowest BCUT2D eigenvalue weighted by Gasteiger charge is -2.36. The summed E-state index contributed by atoms with van der Waals surface area (Å²) in [7, 11) is 1.85. The number of piperazine rings is 1. The number of hydrogen-bond acceptors (Lipinski definition) is 6. The standard InChI is InChI=1S/C20H31N9/c1-21-19(27-13-15-28(16-14-27)20-23-10-6-11-24-20)22-9-5-8-18-26-25-17-7-3-2-4-12-29(17)18/h6,10-11H,2-5,7-9,12-16H2,1H3,(H,21,22). The molecule has 0 bridgehead atoms. The fraction of sp³-hybridized carbons (Fsp3) is 0.650. The number of nitrogens with one attached hydrogen (secondary N) is 1. The molecule has 2 aromatic rings. The van der Waals surface area contributed by atoms with Crippen LogP contribution in [0.5, 0.6) is 0 Å². The third-order valence-corrected chi connectivity index (χ3v) is 5.67. The van der Waals surface area contributed by atoms with Gasteiger partial charge in [-0.15, -0.1) is 10.2 Å². The van der Waals surface area contributed by atoms with Gasteiger partial charge in [-0.1, -0.05) is 6.42 Å². The number of nitrogens with zero attached hydrogens (tertiary/aromatic N) is 8. The minimum absolute atomic E-state index is 0.808. The van der Waals surface area contributed by atoms with Crippen molar-refractivity contribution in [1.82, 2.24) is 34.9 Å². The third kappa shape index (κ3) is 4.83. The Balaban J connectivity index is 1.22. The predicted molar refractivity (Wildman–Crippen MR) is 113 cm³/mol. The molecule has 4 heterocycles. The highest BCUT2D eigenvalue weighted by molar-refractivity contribution is 5.80. The predicted octanol–water partition coefficient (Wildman–Crippen LogP) is 1.12. The van der Waals surface area contributed by atoms with E-state index in [1.165, 1.54) is 25.1 Å². The second-order valence-corrected chi connectivity index (χ2v) is 7.60. The zero-order valence-corrected chi connectivity index (χ0v) is 17.3. The molecule has 156 valence electrons. The van der Waals surface area contributed by atoms with Crippen LogP contribution in [0.1, 0.15) is 37.3 Å². The van der Waals surface area contributed by atoms with Crippen molar-refractivity contribution in [1.29, 1.82) is 0 Å². The Labute approximate surface area is 172 Å². The van der Waals surface area contributed by atoms with Gasteiger partial charge >= 0.3 is 0 Å². The SMILES string of the molecule is CN=C(NCCCc1nnc2n1CCCCC2)N1CCN(c2ncccn2)CC1. The number of aryl methyl sites for hydroxylation is 2. The summed E-state index contributed by atoms with van der Waals surface area (Å²) in [6, 6.07) is 1.85. The maximum absolute atomic E-state index is 4.48. The first-order chi connectivity index (χ1) is 14.3. The summed E-state index contributed by atoms with van der Waals surface area (Å²) in [5, 5.41) is 12.3.